The molecule has 1 aliphatic carbocycles. The first-order chi connectivity index (χ1) is 9.65. The highest BCUT2D eigenvalue weighted by Crippen LogP contribution is 2.29. The number of Topliss-reactive ketones (excluding diaryl/α,β-unsaturated/α-hetero) is 1. The van der Waals surface area contributed by atoms with Crippen molar-refractivity contribution in [2.45, 2.75) is 19.3 Å². The van der Waals surface area contributed by atoms with Crippen molar-refractivity contribution < 1.29 is 4.79 Å². The average molecular weight is 287 g/mol. The van der Waals surface area contributed by atoms with E-state index < -0.39 is 0 Å². The number of nitrogen functional groups attached to an aromatic ring is 1. The van der Waals surface area contributed by atoms with E-state index >= 15 is 0 Å². The summed E-state index contributed by atoms with van der Waals surface area (Å²) >= 11 is 5.91. The summed E-state index contributed by atoms with van der Waals surface area (Å²) in [5.74, 6) is 0.276. The molecule has 3 nitrogen and oxygen atoms in total. The van der Waals surface area contributed by atoms with Gasteiger partial charge in [-0.25, -0.2) is 4.98 Å². The lowest BCUT2D eigenvalue weighted by molar-refractivity contribution is 0.0909. The predicted octanol–water partition coefficient (Wildman–Crippen LogP) is 3.31. The Morgan fingerprint density at radius 3 is 2.85 bits per heavy atom. The van der Waals surface area contributed by atoms with Crippen molar-refractivity contribution in [3.8, 4) is 0 Å². The van der Waals surface area contributed by atoms with Crippen molar-refractivity contribution in [2.24, 2.45) is 5.92 Å². The molecule has 0 aliphatic heterocycles. The van der Waals surface area contributed by atoms with Gasteiger partial charge in [0.25, 0.3) is 0 Å². The van der Waals surface area contributed by atoms with E-state index in [1.54, 1.807) is 6.07 Å². The number of hydrogen-bond acceptors (Lipinski definition) is 3. The number of aryl methyl sites for hydroxylation is 1. The molecule has 3 rings (SSSR count). The van der Waals surface area contributed by atoms with Gasteiger partial charge in [0.05, 0.1) is 10.6 Å². The van der Waals surface area contributed by atoms with E-state index in [0.717, 1.165) is 19.3 Å². The number of nitrogens with two attached hydrogens (primary N) is 1. The molecule has 0 amide bonds. The fraction of sp³-hybridized carbons (Fsp3) is 0.250. The van der Waals surface area contributed by atoms with Crippen molar-refractivity contribution in [1.29, 1.82) is 0 Å². The lowest BCUT2D eigenvalue weighted by atomic mass is 9.80. The molecule has 0 radical (unpaired) electrons. The van der Waals surface area contributed by atoms with E-state index in [9.17, 15) is 4.79 Å². The molecule has 0 spiro atoms. The number of nitrogens with zero attached hydrogens (tertiary/aromatic N) is 1. The molecule has 1 aromatic carbocycles. The molecule has 1 aliphatic rings. The van der Waals surface area contributed by atoms with Crippen LogP contribution in [-0.4, -0.2) is 10.8 Å². The van der Waals surface area contributed by atoms with Gasteiger partial charge < -0.3 is 5.73 Å². The second-order valence-electron chi connectivity index (χ2n) is 5.16. The van der Waals surface area contributed by atoms with Gasteiger partial charge in [-0.3, -0.25) is 4.79 Å². The van der Waals surface area contributed by atoms with Crippen molar-refractivity contribution >= 4 is 23.2 Å². The minimum atomic E-state index is -0.0348. The van der Waals surface area contributed by atoms with Crippen LogP contribution in [0.1, 0.15) is 27.9 Å². The van der Waals surface area contributed by atoms with Crippen LogP contribution < -0.4 is 5.73 Å². The van der Waals surface area contributed by atoms with E-state index in [0.29, 0.717) is 10.6 Å². The van der Waals surface area contributed by atoms with Crippen molar-refractivity contribution in [3.63, 3.8) is 0 Å². The highest BCUT2D eigenvalue weighted by atomic mass is 35.5. The second-order valence-corrected chi connectivity index (χ2v) is 5.60. The molecule has 2 N–H and O–H groups in total. The molecule has 102 valence electrons. The number of rotatable bonds is 2. The van der Waals surface area contributed by atoms with Gasteiger partial charge in [0.2, 0.25) is 0 Å². The van der Waals surface area contributed by atoms with E-state index in [1.807, 2.05) is 12.1 Å². The summed E-state index contributed by atoms with van der Waals surface area (Å²) in [7, 11) is 0. The number of anilines is 1. The summed E-state index contributed by atoms with van der Waals surface area (Å²) in [6.45, 7) is 0. The molecule has 0 saturated carbocycles. The monoisotopic (exact) mass is 286 g/mol. The Balaban J connectivity index is 1.88. The molecule has 1 unspecified atom stereocenters. The van der Waals surface area contributed by atoms with Crippen LogP contribution in [0.15, 0.2) is 36.5 Å². The number of fused-ring (bicyclic) bond motifs is 1. The Kier molecular flexibility index (Phi) is 3.45. The third kappa shape index (κ3) is 2.41. The smallest absolute Gasteiger partial charge is 0.170 e. The molecule has 20 heavy (non-hydrogen) atoms. The zero-order valence-corrected chi connectivity index (χ0v) is 11.7. The number of pyridine rings is 1. The predicted molar refractivity (Wildman–Crippen MR) is 79.9 cm³/mol. The van der Waals surface area contributed by atoms with Crippen LogP contribution in [0.3, 0.4) is 0 Å². The van der Waals surface area contributed by atoms with E-state index in [1.165, 1.54) is 17.3 Å². The molecule has 1 atom stereocenters. The van der Waals surface area contributed by atoms with Gasteiger partial charge in [-0.2, -0.15) is 0 Å². The van der Waals surface area contributed by atoms with E-state index in [-0.39, 0.29) is 17.5 Å². The first kappa shape index (κ1) is 13.1. The highest BCUT2D eigenvalue weighted by Gasteiger charge is 2.26. The zero-order valence-electron chi connectivity index (χ0n) is 11.0. The van der Waals surface area contributed by atoms with Crippen LogP contribution in [0, 0.1) is 5.92 Å². The Hall–Kier alpha value is -1.87. The minimum Gasteiger partial charge on any atom is -0.383 e. The van der Waals surface area contributed by atoms with Gasteiger partial charge in [-0.15, -0.1) is 0 Å². The SMILES string of the molecule is Nc1ncc(Cl)cc1C(=O)C1CCc2ccccc2C1. The molecule has 4 heteroatoms. The first-order valence-electron chi connectivity index (χ1n) is 6.67. The fourth-order valence-electron chi connectivity index (χ4n) is 2.79. The Labute approximate surface area is 122 Å². The number of ketones is 1. The van der Waals surface area contributed by atoms with Crippen LogP contribution >= 0.6 is 11.6 Å². The summed E-state index contributed by atoms with van der Waals surface area (Å²) < 4.78 is 0. The molecule has 0 bridgehead atoms. The van der Waals surface area contributed by atoms with E-state index in [2.05, 4.69) is 17.1 Å². The van der Waals surface area contributed by atoms with Gasteiger partial charge in [-0.1, -0.05) is 35.9 Å². The Morgan fingerprint density at radius 1 is 1.30 bits per heavy atom. The lowest BCUT2D eigenvalue weighted by Gasteiger charge is -2.23. The summed E-state index contributed by atoms with van der Waals surface area (Å²) in [5.41, 5.74) is 8.84. The van der Waals surface area contributed by atoms with Gasteiger partial charge in [0.1, 0.15) is 5.82 Å². The molecule has 0 fully saturated rings. The van der Waals surface area contributed by atoms with Crippen LogP contribution in [-0.2, 0) is 12.8 Å². The first-order valence-corrected chi connectivity index (χ1v) is 7.05. The molecule has 0 saturated heterocycles. The summed E-state index contributed by atoms with van der Waals surface area (Å²) in [6.07, 6.45) is 4.01. The topological polar surface area (TPSA) is 56.0 Å². The van der Waals surface area contributed by atoms with Crippen molar-refractivity contribution in [2.75, 3.05) is 5.73 Å². The summed E-state index contributed by atoms with van der Waals surface area (Å²) in [4.78, 5) is 16.6. The number of carbonyl (C=O) groups is 1. The van der Waals surface area contributed by atoms with Crippen LogP contribution in [0.4, 0.5) is 5.82 Å². The van der Waals surface area contributed by atoms with Gasteiger partial charge in [0.15, 0.2) is 5.78 Å². The standard InChI is InChI=1S/C16H15ClN2O/c17-13-8-14(16(18)19-9-13)15(20)12-6-5-10-3-1-2-4-11(10)7-12/h1-4,8-9,12H,5-7H2,(H2,18,19). The maximum absolute atomic E-state index is 12.6. The quantitative estimate of drug-likeness (QED) is 0.862. The van der Waals surface area contributed by atoms with Crippen molar-refractivity contribution in [3.05, 3.63) is 58.2 Å². The average Bonchev–Trinajstić information content (AvgIpc) is 2.48. The molecular weight excluding hydrogens is 272 g/mol. The summed E-state index contributed by atoms with van der Waals surface area (Å²) in [6, 6.07) is 9.90. The van der Waals surface area contributed by atoms with Crippen LogP contribution in [0.5, 0.6) is 0 Å². The number of benzene rings is 1. The number of aromatic nitrogens is 1. The molecule has 1 heterocycles. The Bertz CT molecular complexity index is 669. The number of halogens is 1. The number of hydrogen-bond donors (Lipinski definition) is 1. The third-order valence-corrected chi connectivity index (χ3v) is 4.07. The maximum Gasteiger partial charge on any atom is 0.170 e. The minimum absolute atomic E-state index is 0.0348. The number of carbonyl (C=O) groups excluding carboxylic acids is 1. The highest BCUT2D eigenvalue weighted by molar-refractivity contribution is 6.31. The largest absolute Gasteiger partial charge is 0.383 e. The Morgan fingerprint density at radius 2 is 2.05 bits per heavy atom. The lowest BCUT2D eigenvalue weighted by Crippen LogP contribution is -2.23. The molecule has 1 aromatic heterocycles. The second kappa shape index (κ2) is 5.25. The fourth-order valence-corrected chi connectivity index (χ4v) is 2.95. The molecular formula is C16H15ClN2O. The van der Waals surface area contributed by atoms with Crippen molar-refractivity contribution in [1.82, 2.24) is 4.98 Å². The zero-order chi connectivity index (χ0) is 14.1. The van der Waals surface area contributed by atoms with E-state index in [4.69, 9.17) is 17.3 Å². The molecule has 2 aromatic rings. The third-order valence-electron chi connectivity index (χ3n) is 3.87. The van der Waals surface area contributed by atoms with Crippen LogP contribution in [0.25, 0.3) is 0 Å². The van der Waals surface area contributed by atoms with Gasteiger partial charge in [-0.05, 0) is 36.5 Å². The maximum atomic E-state index is 12.6. The summed E-state index contributed by atoms with van der Waals surface area (Å²) in [5, 5.41) is 0.443. The van der Waals surface area contributed by atoms with Crippen LogP contribution in [0.2, 0.25) is 5.02 Å². The van der Waals surface area contributed by atoms with Gasteiger partial charge >= 0.3 is 0 Å². The normalized spacial score (nSPS) is 17.6. The van der Waals surface area contributed by atoms with Gasteiger partial charge in [0, 0.05) is 12.1 Å².